The Hall–Kier alpha value is -0.940. The summed E-state index contributed by atoms with van der Waals surface area (Å²) in [5.74, 6) is -0.860. The number of thiazole rings is 1. The van der Waals surface area contributed by atoms with Crippen molar-refractivity contribution in [3.63, 3.8) is 0 Å². The van der Waals surface area contributed by atoms with Crippen LogP contribution in [0.25, 0.3) is 0 Å². The second kappa shape index (κ2) is 4.34. The fourth-order valence-electron chi connectivity index (χ4n) is 1.02. The number of carboxylic acids is 1. The standard InChI is InChI=1S/C8H12N2O2S/c1-5-4-13-7(10-5)2-6(9)3-8(11)12/h4,6H,2-3,9H2,1H3,(H,11,12). The van der Waals surface area contributed by atoms with E-state index in [-0.39, 0.29) is 12.5 Å². The molecule has 1 unspecified atom stereocenters. The van der Waals surface area contributed by atoms with E-state index in [0.717, 1.165) is 10.7 Å². The molecule has 72 valence electrons. The van der Waals surface area contributed by atoms with Crippen molar-refractivity contribution in [3.8, 4) is 0 Å². The van der Waals surface area contributed by atoms with Gasteiger partial charge in [-0.25, -0.2) is 4.98 Å². The Labute approximate surface area is 80.4 Å². The van der Waals surface area contributed by atoms with Gasteiger partial charge >= 0.3 is 5.97 Å². The largest absolute Gasteiger partial charge is 0.481 e. The van der Waals surface area contributed by atoms with Gasteiger partial charge in [0.05, 0.1) is 11.4 Å². The Balaban J connectivity index is 2.44. The van der Waals surface area contributed by atoms with E-state index in [1.165, 1.54) is 11.3 Å². The van der Waals surface area contributed by atoms with E-state index in [1.54, 1.807) is 0 Å². The zero-order valence-corrected chi connectivity index (χ0v) is 8.17. The third kappa shape index (κ3) is 3.52. The molecule has 1 rings (SSSR count). The van der Waals surface area contributed by atoms with Crippen molar-refractivity contribution in [2.45, 2.75) is 25.8 Å². The first-order valence-electron chi connectivity index (χ1n) is 3.96. The SMILES string of the molecule is Cc1csc(CC(N)CC(=O)O)n1. The number of carboxylic acid groups (broad SMARTS) is 1. The topological polar surface area (TPSA) is 76.2 Å². The van der Waals surface area contributed by atoms with Gasteiger partial charge in [0, 0.05) is 23.5 Å². The minimum atomic E-state index is -0.860. The van der Waals surface area contributed by atoms with Gasteiger partial charge in [0.15, 0.2) is 0 Å². The molecular weight excluding hydrogens is 188 g/mol. The molecule has 0 radical (unpaired) electrons. The summed E-state index contributed by atoms with van der Waals surface area (Å²) in [6.07, 6.45) is 0.545. The number of hydrogen-bond acceptors (Lipinski definition) is 4. The third-order valence-electron chi connectivity index (χ3n) is 1.54. The van der Waals surface area contributed by atoms with E-state index < -0.39 is 5.97 Å². The van der Waals surface area contributed by atoms with E-state index in [4.69, 9.17) is 10.8 Å². The van der Waals surface area contributed by atoms with Crippen molar-refractivity contribution < 1.29 is 9.90 Å². The molecule has 0 aliphatic carbocycles. The van der Waals surface area contributed by atoms with Gasteiger partial charge in [0.1, 0.15) is 0 Å². The molecular formula is C8H12N2O2S. The van der Waals surface area contributed by atoms with Gasteiger partial charge in [-0.3, -0.25) is 4.79 Å². The van der Waals surface area contributed by atoms with Gasteiger partial charge in [-0.1, -0.05) is 0 Å². The number of aryl methyl sites for hydroxylation is 1. The molecule has 4 nitrogen and oxygen atoms in total. The molecule has 0 aliphatic rings. The van der Waals surface area contributed by atoms with E-state index in [9.17, 15) is 4.79 Å². The maximum Gasteiger partial charge on any atom is 0.304 e. The zero-order chi connectivity index (χ0) is 9.84. The van der Waals surface area contributed by atoms with Crippen LogP contribution in [0.5, 0.6) is 0 Å². The smallest absolute Gasteiger partial charge is 0.304 e. The predicted octanol–water partition coefficient (Wildman–Crippen LogP) is 0.796. The number of aromatic nitrogens is 1. The summed E-state index contributed by atoms with van der Waals surface area (Å²) in [5, 5.41) is 11.3. The van der Waals surface area contributed by atoms with Crippen LogP contribution < -0.4 is 5.73 Å². The number of nitrogens with zero attached hydrogens (tertiary/aromatic N) is 1. The summed E-state index contributed by atoms with van der Waals surface area (Å²) in [5.41, 5.74) is 6.56. The normalized spacial score (nSPS) is 12.8. The van der Waals surface area contributed by atoms with Crippen LogP contribution >= 0.6 is 11.3 Å². The van der Waals surface area contributed by atoms with Crippen molar-refractivity contribution in [2.24, 2.45) is 5.73 Å². The Morgan fingerprint density at radius 3 is 3.00 bits per heavy atom. The first kappa shape index (κ1) is 10.1. The lowest BCUT2D eigenvalue weighted by molar-refractivity contribution is -0.137. The molecule has 13 heavy (non-hydrogen) atoms. The molecule has 0 saturated carbocycles. The molecule has 0 saturated heterocycles. The maximum absolute atomic E-state index is 10.3. The fourth-order valence-corrected chi connectivity index (χ4v) is 1.88. The van der Waals surface area contributed by atoms with Gasteiger partial charge < -0.3 is 10.8 Å². The predicted molar refractivity (Wildman–Crippen MR) is 50.8 cm³/mol. The highest BCUT2D eigenvalue weighted by atomic mass is 32.1. The lowest BCUT2D eigenvalue weighted by atomic mass is 10.1. The quantitative estimate of drug-likeness (QED) is 0.753. The average molecular weight is 200 g/mol. The summed E-state index contributed by atoms with van der Waals surface area (Å²) in [7, 11) is 0. The maximum atomic E-state index is 10.3. The summed E-state index contributed by atoms with van der Waals surface area (Å²) < 4.78 is 0. The highest BCUT2D eigenvalue weighted by molar-refractivity contribution is 7.09. The second-order valence-electron chi connectivity index (χ2n) is 2.94. The second-order valence-corrected chi connectivity index (χ2v) is 3.89. The van der Waals surface area contributed by atoms with Gasteiger partial charge in [-0.2, -0.15) is 0 Å². The highest BCUT2D eigenvalue weighted by Gasteiger charge is 2.10. The number of aliphatic carboxylic acids is 1. The van der Waals surface area contributed by atoms with E-state index in [1.807, 2.05) is 12.3 Å². The Morgan fingerprint density at radius 2 is 2.54 bits per heavy atom. The monoisotopic (exact) mass is 200 g/mol. The average Bonchev–Trinajstić information content (AvgIpc) is 2.33. The molecule has 0 aliphatic heterocycles. The van der Waals surface area contributed by atoms with Crippen LogP contribution in [0.3, 0.4) is 0 Å². The highest BCUT2D eigenvalue weighted by Crippen LogP contribution is 2.11. The van der Waals surface area contributed by atoms with Crippen LogP contribution in [0.1, 0.15) is 17.1 Å². The first-order chi connectivity index (χ1) is 6.08. The molecule has 1 atom stereocenters. The van der Waals surface area contributed by atoms with Crippen LogP contribution in [-0.2, 0) is 11.2 Å². The van der Waals surface area contributed by atoms with Crippen molar-refractivity contribution >= 4 is 17.3 Å². The van der Waals surface area contributed by atoms with Crippen LogP contribution in [0.15, 0.2) is 5.38 Å². The van der Waals surface area contributed by atoms with Crippen LogP contribution in [-0.4, -0.2) is 22.1 Å². The van der Waals surface area contributed by atoms with Gasteiger partial charge in [0.25, 0.3) is 0 Å². The summed E-state index contributed by atoms with van der Waals surface area (Å²) in [6, 6.07) is -0.331. The lowest BCUT2D eigenvalue weighted by Crippen LogP contribution is -2.26. The van der Waals surface area contributed by atoms with Crippen LogP contribution in [0.2, 0.25) is 0 Å². The van der Waals surface area contributed by atoms with E-state index in [2.05, 4.69) is 4.98 Å². The molecule has 3 N–H and O–H groups in total. The van der Waals surface area contributed by atoms with Gasteiger partial charge in [-0.15, -0.1) is 11.3 Å². The lowest BCUT2D eigenvalue weighted by Gasteiger charge is -2.04. The zero-order valence-electron chi connectivity index (χ0n) is 7.36. The summed E-state index contributed by atoms with van der Waals surface area (Å²) in [4.78, 5) is 14.5. The molecule has 0 amide bonds. The molecule has 1 aromatic heterocycles. The number of rotatable bonds is 4. The summed E-state index contributed by atoms with van der Waals surface area (Å²) in [6.45, 7) is 1.91. The molecule has 5 heteroatoms. The number of nitrogens with two attached hydrogens (primary N) is 1. The minimum absolute atomic E-state index is 0.00136. The molecule has 1 aromatic rings. The van der Waals surface area contributed by atoms with E-state index >= 15 is 0 Å². The first-order valence-corrected chi connectivity index (χ1v) is 4.84. The van der Waals surface area contributed by atoms with Crippen LogP contribution in [0.4, 0.5) is 0 Å². The molecule has 0 aromatic carbocycles. The third-order valence-corrected chi connectivity index (χ3v) is 2.53. The van der Waals surface area contributed by atoms with Gasteiger partial charge in [-0.05, 0) is 6.92 Å². The number of hydrogen-bond donors (Lipinski definition) is 2. The minimum Gasteiger partial charge on any atom is -0.481 e. The molecule has 0 spiro atoms. The van der Waals surface area contributed by atoms with E-state index in [0.29, 0.717) is 6.42 Å². The van der Waals surface area contributed by atoms with Crippen LogP contribution in [0, 0.1) is 6.92 Å². The fraction of sp³-hybridized carbons (Fsp3) is 0.500. The van der Waals surface area contributed by atoms with Gasteiger partial charge in [0.2, 0.25) is 0 Å². The molecule has 0 bridgehead atoms. The Bertz CT molecular complexity index is 298. The van der Waals surface area contributed by atoms with Crippen molar-refractivity contribution in [1.29, 1.82) is 0 Å². The van der Waals surface area contributed by atoms with Crippen molar-refractivity contribution in [1.82, 2.24) is 4.98 Å². The molecule has 1 heterocycles. The number of carbonyl (C=O) groups is 1. The summed E-state index contributed by atoms with van der Waals surface area (Å²) >= 11 is 1.52. The van der Waals surface area contributed by atoms with Crippen molar-refractivity contribution in [2.75, 3.05) is 0 Å². The Morgan fingerprint density at radius 1 is 1.85 bits per heavy atom. The van der Waals surface area contributed by atoms with Crippen molar-refractivity contribution in [3.05, 3.63) is 16.1 Å². The Kier molecular flexibility index (Phi) is 3.39. The molecule has 0 fully saturated rings.